The third-order valence-corrected chi connectivity index (χ3v) is 3.17. The number of carbonyl (C=O) groups excluding carboxylic acids is 1. The Morgan fingerprint density at radius 3 is 2.90 bits per heavy atom. The number of rotatable bonds is 8. The van der Waals surface area contributed by atoms with E-state index in [1.165, 1.54) is 0 Å². The number of halogens is 1. The number of hydrogen-bond donors (Lipinski definition) is 2. The van der Waals surface area contributed by atoms with Crippen molar-refractivity contribution < 1.29 is 14.3 Å². The van der Waals surface area contributed by atoms with E-state index in [1.54, 1.807) is 7.11 Å². The molecule has 20 heavy (non-hydrogen) atoms. The van der Waals surface area contributed by atoms with Crippen molar-refractivity contribution in [2.24, 2.45) is 5.73 Å². The van der Waals surface area contributed by atoms with Gasteiger partial charge < -0.3 is 20.5 Å². The first-order valence-corrected chi connectivity index (χ1v) is 7.27. The Balaban J connectivity index is 2.48. The van der Waals surface area contributed by atoms with E-state index in [0.717, 1.165) is 16.5 Å². The lowest BCUT2D eigenvalue weighted by atomic mass is 10.1. The number of carbonyl (C=O) groups is 1. The molecule has 1 amide bonds. The standard InChI is InChI=1S/C14H21BrN2O3/c1-10(16)12-5-4-11(15)8-13(12)20-9-14(18)17-6-3-7-19-2/h4-5,8,10H,3,6-7,9,16H2,1-2H3,(H,17,18)/t10-/m1/s1. The second kappa shape index (κ2) is 8.94. The molecule has 5 nitrogen and oxygen atoms in total. The fourth-order valence-electron chi connectivity index (χ4n) is 1.65. The minimum absolute atomic E-state index is 0.0246. The van der Waals surface area contributed by atoms with E-state index in [4.69, 9.17) is 15.2 Å². The number of nitrogens with one attached hydrogen (secondary N) is 1. The topological polar surface area (TPSA) is 73.6 Å². The molecule has 0 saturated carbocycles. The molecule has 0 aliphatic heterocycles. The van der Waals surface area contributed by atoms with Crippen molar-refractivity contribution in [1.29, 1.82) is 0 Å². The summed E-state index contributed by atoms with van der Waals surface area (Å²) < 4.78 is 11.3. The summed E-state index contributed by atoms with van der Waals surface area (Å²) in [6, 6.07) is 5.45. The predicted molar refractivity (Wildman–Crippen MR) is 81.7 cm³/mol. The second-order valence-corrected chi connectivity index (χ2v) is 5.37. The first-order valence-electron chi connectivity index (χ1n) is 6.48. The summed E-state index contributed by atoms with van der Waals surface area (Å²) >= 11 is 3.38. The van der Waals surface area contributed by atoms with Crippen LogP contribution in [0.3, 0.4) is 0 Å². The Hall–Kier alpha value is -1.11. The van der Waals surface area contributed by atoms with Crippen molar-refractivity contribution in [3.8, 4) is 5.75 Å². The van der Waals surface area contributed by atoms with Gasteiger partial charge >= 0.3 is 0 Å². The molecule has 0 fully saturated rings. The lowest BCUT2D eigenvalue weighted by Gasteiger charge is -2.14. The molecule has 1 rings (SSSR count). The summed E-state index contributed by atoms with van der Waals surface area (Å²) in [6.07, 6.45) is 0.782. The molecule has 0 heterocycles. The Morgan fingerprint density at radius 2 is 2.25 bits per heavy atom. The fourth-order valence-corrected chi connectivity index (χ4v) is 1.99. The number of ether oxygens (including phenoxy) is 2. The van der Waals surface area contributed by atoms with Gasteiger partial charge in [0.1, 0.15) is 5.75 Å². The number of benzene rings is 1. The zero-order chi connectivity index (χ0) is 15.0. The molecule has 0 bridgehead atoms. The normalized spacial score (nSPS) is 12.0. The molecule has 112 valence electrons. The quantitative estimate of drug-likeness (QED) is 0.707. The number of methoxy groups -OCH3 is 1. The first kappa shape index (κ1) is 16.9. The lowest BCUT2D eigenvalue weighted by Crippen LogP contribution is -2.30. The minimum atomic E-state index is -0.156. The van der Waals surface area contributed by atoms with Crippen LogP contribution >= 0.6 is 15.9 Å². The molecule has 0 radical (unpaired) electrons. The summed E-state index contributed by atoms with van der Waals surface area (Å²) in [5.41, 5.74) is 6.75. The van der Waals surface area contributed by atoms with Crippen LogP contribution in [-0.4, -0.2) is 32.8 Å². The van der Waals surface area contributed by atoms with E-state index >= 15 is 0 Å². The van der Waals surface area contributed by atoms with Crippen LogP contribution in [0, 0.1) is 0 Å². The Labute approximate surface area is 127 Å². The van der Waals surface area contributed by atoms with Gasteiger partial charge in [0, 0.05) is 36.3 Å². The molecule has 0 unspecified atom stereocenters. The van der Waals surface area contributed by atoms with Crippen molar-refractivity contribution >= 4 is 21.8 Å². The highest BCUT2D eigenvalue weighted by atomic mass is 79.9. The number of hydrogen-bond acceptors (Lipinski definition) is 4. The van der Waals surface area contributed by atoms with Crippen LogP contribution in [0.1, 0.15) is 24.9 Å². The Morgan fingerprint density at radius 1 is 1.50 bits per heavy atom. The predicted octanol–water partition coefficient (Wildman–Crippen LogP) is 2.00. The van der Waals surface area contributed by atoms with E-state index in [2.05, 4.69) is 21.2 Å². The van der Waals surface area contributed by atoms with E-state index in [1.807, 2.05) is 25.1 Å². The van der Waals surface area contributed by atoms with Gasteiger partial charge in [-0.05, 0) is 25.5 Å². The van der Waals surface area contributed by atoms with Gasteiger partial charge in [0.2, 0.25) is 0 Å². The van der Waals surface area contributed by atoms with Crippen molar-refractivity contribution in [1.82, 2.24) is 5.32 Å². The van der Waals surface area contributed by atoms with Crippen molar-refractivity contribution in [2.75, 3.05) is 26.9 Å². The summed E-state index contributed by atoms with van der Waals surface area (Å²) in [5.74, 6) is 0.470. The molecule has 1 aromatic carbocycles. The highest BCUT2D eigenvalue weighted by Crippen LogP contribution is 2.27. The van der Waals surface area contributed by atoms with Gasteiger partial charge in [-0.2, -0.15) is 0 Å². The van der Waals surface area contributed by atoms with Gasteiger partial charge in [-0.15, -0.1) is 0 Å². The first-order chi connectivity index (χ1) is 9.54. The summed E-state index contributed by atoms with van der Waals surface area (Å²) in [4.78, 5) is 11.6. The third-order valence-electron chi connectivity index (χ3n) is 2.67. The maximum Gasteiger partial charge on any atom is 0.257 e. The second-order valence-electron chi connectivity index (χ2n) is 4.46. The molecular weight excluding hydrogens is 324 g/mol. The molecule has 3 N–H and O–H groups in total. The van der Waals surface area contributed by atoms with E-state index in [0.29, 0.717) is 18.9 Å². The molecule has 0 aliphatic carbocycles. The average molecular weight is 345 g/mol. The van der Waals surface area contributed by atoms with E-state index in [-0.39, 0.29) is 18.6 Å². The third kappa shape index (κ3) is 5.90. The number of amides is 1. The lowest BCUT2D eigenvalue weighted by molar-refractivity contribution is -0.123. The van der Waals surface area contributed by atoms with Crippen molar-refractivity contribution in [2.45, 2.75) is 19.4 Å². The monoisotopic (exact) mass is 344 g/mol. The van der Waals surface area contributed by atoms with Gasteiger partial charge in [0.05, 0.1) is 0 Å². The Bertz CT molecular complexity index is 438. The zero-order valence-electron chi connectivity index (χ0n) is 11.8. The average Bonchev–Trinajstić information content (AvgIpc) is 2.41. The molecule has 6 heteroatoms. The molecule has 0 aliphatic rings. The largest absolute Gasteiger partial charge is 0.483 e. The SMILES string of the molecule is COCCCNC(=O)COc1cc(Br)ccc1[C@@H](C)N. The Kier molecular flexibility index (Phi) is 7.58. The smallest absolute Gasteiger partial charge is 0.257 e. The molecule has 0 saturated heterocycles. The van der Waals surface area contributed by atoms with Crippen LogP contribution in [0.15, 0.2) is 22.7 Å². The summed E-state index contributed by atoms with van der Waals surface area (Å²) in [5, 5.41) is 2.76. The molecule has 0 spiro atoms. The molecular formula is C14H21BrN2O3. The maximum atomic E-state index is 11.6. The summed E-state index contributed by atoms with van der Waals surface area (Å²) in [6.45, 7) is 3.06. The van der Waals surface area contributed by atoms with Crippen molar-refractivity contribution in [3.05, 3.63) is 28.2 Å². The summed E-state index contributed by atoms with van der Waals surface area (Å²) in [7, 11) is 1.63. The van der Waals surface area contributed by atoms with E-state index in [9.17, 15) is 4.79 Å². The molecule has 1 atom stereocenters. The van der Waals surface area contributed by atoms with Gasteiger partial charge in [0.25, 0.3) is 5.91 Å². The van der Waals surface area contributed by atoms with Gasteiger partial charge in [-0.3, -0.25) is 4.79 Å². The zero-order valence-corrected chi connectivity index (χ0v) is 13.4. The molecule has 0 aromatic heterocycles. The fraction of sp³-hybridized carbons (Fsp3) is 0.500. The van der Waals surface area contributed by atoms with Crippen LogP contribution in [0.4, 0.5) is 0 Å². The van der Waals surface area contributed by atoms with Gasteiger partial charge in [-0.1, -0.05) is 22.0 Å². The van der Waals surface area contributed by atoms with Crippen LogP contribution in [0.2, 0.25) is 0 Å². The molecule has 1 aromatic rings. The maximum absolute atomic E-state index is 11.6. The van der Waals surface area contributed by atoms with Gasteiger partial charge in [0.15, 0.2) is 6.61 Å². The van der Waals surface area contributed by atoms with E-state index < -0.39 is 0 Å². The van der Waals surface area contributed by atoms with Gasteiger partial charge in [-0.25, -0.2) is 0 Å². The number of nitrogens with two attached hydrogens (primary N) is 1. The van der Waals surface area contributed by atoms with Crippen LogP contribution < -0.4 is 15.8 Å². The van der Waals surface area contributed by atoms with Crippen LogP contribution in [0.25, 0.3) is 0 Å². The minimum Gasteiger partial charge on any atom is -0.483 e. The van der Waals surface area contributed by atoms with Crippen LogP contribution in [-0.2, 0) is 9.53 Å². The highest BCUT2D eigenvalue weighted by Gasteiger charge is 2.10. The van der Waals surface area contributed by atoms with Crippen molar-refractivity contribution in [3.63, 3.8) is 0 Å². The highest BCUT2D eigenvalue weighted by molar-refractivity contribution is 9.10. The van der Waals surface area contributed by atoms with Crippen LogP contribution in [0.5, 0.6) is 5.75 Å².